The van der Waals surface area contributed by atoms with Gasteiger partial charge in [-0.3, -0.25) is 9.09 Å². The molecule has 1 aromatic heterocycles. The van der Waals surface area contributed by atoms with E-state index in [0.717, 1.165) is 4.57 Å². The highest BCUT2D eigenvalue weighted by Crippen LogP contribution is 2.50. The highest BCUT2D eigenvalue weighted by molar-refractivity contribution is 7.48. The molecule has 2 rings (SSSR count). The molecule has 36 heavy (non-hydrogen) atoms. The van der Waals surface area contributed by atoms with Crippen LogP contribution in [-0.4, -0.2) is 71.6 Å². The van der Waals surface area contributed by atoms with Crippen molar-refractivity contribution >= 4 is 26.0 Å². The van der Waals surface area contributed by atoms with Crippen molar-refractivity contribution in [2.24, 2.45) is 0 Å². The lowest BCUT2D eigenvalue weighted by Crippen LogP contribution is -2.31. The van der Waals surface area contributed by atoms with Gasteiger partial charge in [0.25, 0.3) is 0 Å². The Labute approximate surface area is 206 Å². The predicted molar refractivity (Wildman–Crippen MR) is 118 cm³/mol. The van der Waals surface area contributed by atoms with Crippen LogP contribution < -0.4 is 11.4 Å². The van der Waals surface area contributed by atoms with Gasteiger partial charge in [-0.05, 0) is 33.8 Å². The van der Waals surface area contributed by atoms with Gasteiger partial charge in [-0.25, -0.2) is 28.0 Å². The van der Waals surface area contributed by atoms with E-state index >= 15 is 0 Å². The lowest BCUT2D eigenvalue weighted by Gasteiger charge is -2.20. The maximum absolute atomic E-state index is 13.0. The first kappa shape index (κ1) is 29.5. The molecule has 2 heterocycles. The second-order valence-electron chi connectivity index (χ2n) is 7.85. The van der Waals surface area contributed by atoms with Crippen LogP contribution in [0.15, 0.2) is 17.1 Å². The van der Waals surface area contributed by atoms with Gasteiger partial charge < -0.3 is 34.5 Å². The van der Waals surface area contributed by atoms with Crippen molar-refractivity contribution in [2.45, 2.75) is 64.8 Å². The summed E-state index contributed by atoms with van der Waals surface area (Å²) in [5.41, 5.74) is 4.72. The molecule has 0 bridgehead atoms. The van der Waals surface area contributed by atoms with E-state index in [1.165, 1.54) is 12.3 Å². The molecule has 0 spiro atoms. The summed E-state index contributed by atoms with van der Waals surface area (Å²) in [7, 11) is -4.50. The smallest absolute Gasteiger partial charge is 0.432 e. The number of nitrogens with two attached hydrogens (primary N) is 1. The summed E-state index contributed by atoms with van der Waals surface area (Å²) >= 11 is 0. The fraction of sp³-hybridized carbons (Fsp3) is 0.684. The standard InChI is InChI=1S/C19H30N3O13P/c1-11(2)33-18(25)28-9-31-36(27,32-10-29-19(26)34-12(3)4)30-8-13-7-14(23)16(35-13)22-6-5-15(20)21-17(22)24/h5-6,11-14,16,23H,7-10H2,1-4H3,(H2,20,21,24). The van der Waals surface area contributed by atoms with Crippen LogP contribution in [0.3, 0.4) is 0 Å². The third kappa shape index (κ3) is 9.72. The van der Waals surface area contributed by atoms with E-state index in [4.69, 9.17) is 33.5 Å². The summed E-state index contributed by atoms with van der Waals surface area (Å²) in [6, 6.07) is 1.35. The largest absolute Gasteiger partial charge is 0.510 e. The van der Waals surface area contributed by atoms with E-state index in [1.807, 2.05) is 0 Å². The topological polar surface area (TPSA) is 206 Å². The van der Waals surface area contributed by atoms with E-state index in [-0.39, 0.29) is 12.2 Å². The summed E-state index contributed by atoms with van der Waals surface area (Å²) in [5.74, 6) is -0.00199. The molecule has 0 radical (unpaired) electrons. The summed E-state index contributed by atoms with van der Waals surface area (Å²) < 4.78 is 53.5. The van der Waals surface area contributed by atoms with E-state index in [2.05, 4.69) is 14.5 Å². The minimum atomic E-state index is -4.50. The maximum Gasteiger partial charge on any atom is 0.510 e. The number of hydrogen-bond acceptors (Lipinski definition) is 15. The molecule has 3 N–H and O–H groups in total. The van der Waals surface area contributed by atoms with Crippen molar-refractivity contribution in [3.63, 3.8) is 0 Å². The molecule has 1 fully saturated rings. The molecule has 0 saturated carbocycles. The van der Waals surface area contributed by atoms with Crippen molar-refractivity contribution in [1.29, 1.82) is 0 Å². The Hall–Kier alpha value is -2.75. The Kier molecular flexibility index (Phi) is 11.1. The van der Waals surface area contributed by atoms with Crippen LogP contribution in [0, 0.1) is 0 Å². The number of ether oxygens (including phenoxy) is 5. The first-order chi connectivity index (χ1) is 16.9. The minimum absolute atomic E-state index is 0.00199. The highest BCUT2D eigenvalue weighted by Gasteiger charge is 2.38. The third-order valence-corrected chi connectivity index (χ3v) is 5.46. The number of nitrogen functional groups attached to an aromatic ring is 1. The molecule has 1 aromatic rings. The molecular formula is C19H30N3O13P. The van der Waals surface area contributed by atoms with Gasteiger partial charge in [0.2, 0.25) is 13.6 Å². The van der Waals surface area contributed by atoms with Crippen LogP contribution in [0.1, 0.15) is 40.3 Å². The molecule has 0 aliphatic carbocycles. The highest BCUT2D eigenvalue weighted by atomic mass is 31.2. The zero-order valence-corrected chi connectivity index (χ0v) is 21.0. The number of anilines is 1. The number of phosphoric acid groups is 1. The molecule has 1 aliphatic heterocycles. The zero-order chi connectivity index (χ0) is 26.9. The summed E-state index contributed by atoms with van der Waals surface area (Å²) in [5, 5.41) is 10.3. The van der Waals surface area contributed by atoms with Crippen LogP contribution in [0.5, 0.6) is 0 Å². The lowest BCUT2D eigenvalue weighted by molar-refractivity contribution is -0.0668. The molecular weight excluding hydrogens is 509 g/mol. The first-order valence-electron chi connectivity index (χ1n) is 10.8. The van der Waals surface area contributed by atoms with E-state index in [0.29, 0.717) is 0 Å². The quantitative estimate of drug-likeness (QED) is 0.220. The van der Waals surface area contributed by atoms with Gasteiger partial charge in [-0.2, -0.15) is 4.98 Å². The third-order valence-electron chi connectivity index (χ3n) is 4.15. The predicted octanol–water partition coefficient (Wildman–Crippen LogP) is 1.67. The fourth-order valence-corrected chi connectivity index (χ4v) is 3.66. The van der Waals surface area contributed by atoms with Crippen molar-refractivity contribution < 1.29 is 56.5 Å². The number of aromatic nitrogens is 2. The molecule has 1 saturated heterocycles. The molecule has 1 aliphatic rings. The normalized spacial score (nSPS) is 19.9. The van der Waals surface area contributed by atoms with Gasteiger partial charge in [0, 0.05) is 12.6 Å². The number of aliphatic hydroxyl groups excluding tert-OH is 1. The Morgan fingerprint density at radius 3 is 2.19 bits per heavy atom. The van der Waals surface area contributed by atoms with Gasteiger partial charge in [0.05, 0.1) is 24.9 Å². The molecule has 17 heteroatoms. The van der Waals surface area contributed by atoms with Crippen LogP contribution >= 0.6 is 7.82 Å². The molecule has 0 amide bonds. The number of carbonyl (C=O) groups is 2. The van der Waals surface area contributed by atoms with Gasteiger partial charge >= 0.3 is 25.8 Å². The average Bonchev–Trinajstić information content (AvgIpc) is 3.11. The number of hydrogen-bond donors (Lipinski definition) is 2. The molecule has 0 aromatic carbocycles. The van der Waals surface area contributed by atoms with Gasteiger partial charge in [-0.1, -0.05) is 0 Å². The zero-order valence-electron chi connectivity index (χ0n) is 20.1. The monoisotopic (exact) mass is 539 g/mol. The number of rotatable bonds is 12. The SMILES string of the molecule is CC(C)OC(=O)OCOP(=O)(OCOC(=O)OC(C)C)OCC1CC(O)C(n2ccc(N)nc2=O)O1. The Morgan fingerprint density at radius 1 is 1.14 bits per heavy atom. The molecule has 16 nitrogen and oxygen atoms in total. The molecule has 204 valence electrons. The van der Waals surface area contributed by atoms with Crippen molar-refractivity contribution in [1.82, 2.24) is 9.55 Å². The van der Waals surface area contributed by atoms with Crippen LogP contribution in [-0.2, 0) is 41.8 Å². The fourth-order valence-electron chi connectivity index (χ4n) is 2.72. The number of aliphatic hydroxyl groups is 1. The number of phosphoric ester groups is 1. The number of nitrogens with zero attached hydrogens (tertiary/aromatic N) is 2. The second-order valence-corrected chi connectivity index (χ2v) is 9.52. The van der Waals surface area contributed by atoms with Gasteiger partial charge in [0.1, 0.15) is 11.9 Å². The van der Waals surface area contributed by atoms with Crippen LogP contribution in [0.2, 0.25) is 0 Å². The summed E-state index contributed by atoms with van der Waals surface area (Å²) in [6.45, 7) is 4.13. The maximum atomic E-state index is 13.0. The Balaban J connectivity index is 1.97. The minimum Gasteiger partial charge on any atom is -0.432 e. The van der Waals surface area contributed by atoms with Crippen LogP contribution in [0.4, 0.5) is 15.4 Å². The van der Waals surface area contributed by atoms with Crippen molar-refractivity contribution in [3.05, 3.63) is 22.7 Å². The van der Waals surface area contributed by atoms with E-state index in [1.54, 1.807) is 27.7 Å². The average molecular weight is 539 g/mol. The van der Waals surface area contributed by atoms with Crippen LogP contribution in [0.25, 0.3) is 0 Å². The number of carbonyl (C=O) groups excluding carboxylic acids is 2. The molecule has 3 unspecified atom stereocenters. The van der Waals surface area contributed by atoms with Crippen molar-refractivity contribution in [3.8, 4) is 0 Å². The first-order valence-corrected chi connectivity index (χ1v) is 12.2. The Bertz CT molecular complexity index is 954. The Morgan fingerprint density at radius 2 is 1.69 bits per heavy atom. The molecule has 3 atom stereocenters. The van der Waals surface area contributed by atoms with Gasteiger partial charge in [-0.15, -0.1) is 0 Å². The van der Waals surface area contributed by atoms with E-state index < -0.39 is 76.7 Å². The van der Waals surface area contributed by atoms with E-state index in [9.17, 15) is 24.1 Å². The lowest BCUT2D eigenvalue weighted by atomic mass is 10.2. The summed E-state index contributed by atoms with van der Waals surface area (Å²) in [6.07, 6.45) is -4.96. The second kappa shape index (κ2) is 13.5. The van der Waals surface area contributed by atoms with Crippen molar-refractivity contribution in [2.75, 3.05) is 25.9 Å². The van der Waals surface area contributed by atoms with Gasteiger partial charge in [0.15, 0.2) is 6.23 Å². The summed E-state index contributed by atoms with van der Waals surface area (Å²) in [4.78, 5) is 38.6.